The molecule has 0 amide bonds. The molecule has 1 saturated heterocycles. The van der Waals surface area contributed by atoms with Gasteiger partial charge in [0.25, 0.3) is 0 Å². The maximum Gasteiger partial charge on any atom is 0.103 e. The molecule has 0 spiro atoms. The molecule has 2 heteroatoms. The van der Waals surface area contributed by atoms with Gasteiger partial charge in [-0.05, 0) is 0 Å². The second-order valence-electron chi connectivity index (χ2n) is 3.66. The van der Waals surface area contributed by atoms with Gasteiger partial charge in [-0.2, -0.15) is 0 Å². The molecule has 0 aromatic heterocycles. The summed E-state index contributed by atoms with van der Waals surface area (Å²) in [5.41, 5.74) is 1.46. The molecule has 0 bridgehead atoms. The molecular weight excluding hydrogens is 160 g/mol. The fourth-order valence-electron chi connectivity index (χ4n) is 1.84. The summed E-state index contributed by atoms with van der Waals surface area (Å²) >= 11 is 0. The summed E-state index contributed by atoms with van der Waals surface area (Å²) in [6.45, 7) is 6.04. The fraction of sp³-hybridized carbons (Fsp3) is 0.455. The van der Waals surface area contributed by atoms with Crippen molar-refractivity contribution in [2.45, 2.75) is 6.54 Å². The van der Waals surface area contributed by atoms with E-state index in [1.165, 1.54) is 38.3 Å². The minimum Gasteiger partial charge on any atom is -0.329 e. The van der Waals surface area contributed by atoms with Gasteiger partial charge in [-0.25, -0.2) is 0 Å². The van der Waals surface area contributed by atoms with Crippen molar-refractivity contribution in [3.8, 4) is 0 Å². The number of rotatable bonds is 2. The lowest BCUT2D eigenvalue weighted by Crippen LogP contribution is -3.13. The van der Waals surface area contributed by atoms with Crippen molar-refractivity contribution in [2.24, 2.45) is 0 Å². The molecule has 0 atom stereocenters. The zero-order valence-electron chi connectivity index (χ0n) is 7.92. The standard InChI is InChI=1S/C11H16N2/c1-2-4-11(5-3-1)10-13-8-6-12-7-9-13/h1-5,12H,6-10H2/p+1. The van der Waals surface area contributed by atoms with E-state index in [0.717, 1.165) is 0 Å². The number of hydrogen-bond donors (Lipinski definition) is 2. The van der Waals surface area contributed by atoms with Gasteiger partial charge >= 0.3 is 0 Å². The zero-order chi connectivity index (χ0) is 8.93. The molecule has 0 unspecified atom stereocenters. The lowest BCUT2D eigenvalue weighted by Gasteiger charge is -2.24. The number of nitrogens with one attached hydrogen (secondary N) is 2. The van der Waals surface area contributed by atoms with Crippen LogP contribution in [0.1, 0.15) is 5.56 Å². The Morgan fingerprint density at radius 3 is 2.46 bits per heavy atom. The summed E-state index contributed by atoms with van der Waals surface area (Å²) in [7, 11) is 0. The molecule has 1 fully saturated rings. The van der Waals surface area contributed by atoms with Gasteiger partial charge in [0.15, 0.2) is 0 Å². The highest BCUT2D eigenvalue weighted by molar-refractivity contribution is 5.13. The minimum atomic E-state index is 1.17. The van der Waals surface area contributed by atoms with Crippen LogP contribution in [0.25, 0.3) is 0 Å². The Bertz CT molecular complexity index is 240. The van der Waals surface area contributed by atoms with Gasteiger partial charge < -0.3 is 10.2 Å². The van der Waals surface area contributed by atoms with Gasteiger partial charge in [0.05, 0.1) is 13.1 Å². The highest BCUT2D eigenvalue weighted by Crippen LogP contribution is 1.95. The summed E-state index contributed by atoms with van der Waals surface area (Å²) in [6, 6.07) is 10.8. The molecule has 2 rings (SSSR count). The van der Waals surface area contributed by atoms with Gasteiger partial charge in [0.2, 0.25) is 0 Å². The van der Waals surface area contributed by atoms with Gasteiger partial charge in [-0.1, -0.05) is 30.3 Å². The Morgan fingerprint density at radius 1 is 1.08 bits per heavy atom. The average Bonchev–Trinajstić information content (AvgIpc) is 2.21. The van der Waals surface area contributed by atoms with Crippen LogP contribution in [0.5, 0.6) is 0 Å². The molecule has 2 nitrogen and oxygen atoms in total. The van der Waals surface area contributed by atoms with Crippen molar-refractivity contribution in [2.75, 3.05) is 26.2 Å². The molecule has 1 aromatic rings. The van der Waals surface area contributed by atoms with Crippen LogP contribution >= 0.6 is 0 Å². The van der Waals surface area contributed by atoms with Crippen molar-refractivity contribution in [1.29, 1.82) is 0 Å². The maximum absolute atomic E-state index is 3.38. The first-order valence-electron chi connectivity index (χ1n) is 5.03. The third-order valence-electron chi connectivity index (χ3n) is 2.61. The number of hydrogen-bond acceptors (Lipinski definition) is 1. The van der Waals surface area contributed by atoms with Gasteiger partial charge in [0, 0.05) is 18.7 Å². The lowest BCUT2D eigenvalue weighted by atomic mass is 10.2. The van der Waals surface area contributed by atoms with Crippen molar-refractivity contribution in [3.05, 3.63) is 35.9 Å². The quantitative estimate of drug-likeness (QED) is 0.632. The molecule has 1 aromatic carbocycles. The minimum absolute atomic E-state index is 1.17. The Labute approximate surface area is 79.6 Å². The lowest BCUT2D eigenvalue weighted by molar-refractivity contribution is -0.915. The van der Waals surface area contributed by atoms with E-state index in [4.69, 9.17) is 0 Å². The summed E-state index contributed by atoms with van der Waals surface area (Å²) < 4.78 is 0. The second-order valence-corrected chi connectivity index (χ2v) is 3.66. The predicted octanol–water partition coefficient (Wildman–Crippen LogP) is -0.325. The molecule has 13 heavy (non-hydrogen) atoms. The SMILES string of the molecule is c1ccc(C[NH+]2CCNCC2)cc1. The van der Waals surface area contributed by atoms with Gasteiger partial charge in [0.1, 0.15) is 6.54 Å². The van der Waals surface area contributed by atoms with E-state index < -0.39 is 0 Å². The number of piperazine rings is 1. The molecule has 2 N–H and O–H groups in total. The van der Waals surface area contributed by atoms with Crippen LogP contribution in [0.2, 0.25) is 0 Å². The van der Waals surface area contributed by atoms with Crippen LogP contribution in [-0.4, -0.2) is 26.2 Å². The van der Waals surface area contributed by atoms with Crippen molar-refractivity contribution >= 4 is 0 Å². The first kappa shape index (κ1) is 8.73. The molecule has 0 radical (unpaired) electrons. The monoisotopic (exact) mass is 177 g/mol. The summed E-state index contributed by atoms with van der Waals surface area (Å²) in [5.74, 6) is 0. The van der Waals surface area contributed by atoms with Crippen molar-refractivity contribution in [1.82, 2.24) is 5.32 Å². The van der Waals surface area contributed by atoms with Crippen molar-refractivity contribution in [3.63, 3.8) is 0 Å². The molecule has 0 aliphatic carbocycles. The van der Waals surface area contributed by atoms with E-state index in [1.807, 2.05) is 0 Å². The molecule has 1 aliphatic heterocycles. The van der Waals surface area contributed by atoms with Crippen molar-refractivity contribution < 1.29 is 4.90 Å². The van der Waals surface area contributed by atoms with Crippen LogP contribution in [0.15, 0.2) is 30.3 Å². The smallest absolute Gasteiger partial charge is 0.103 e. The van der Waals surface area contributed by atoms with E-state index in [1.54, 1.807) is 4.90 Å². The molecule has 1 aliphatic rings. The van der Waals surface area contributed by atoms with E-state index in [2.05, 4.69) is 35.6 Å². The molecule has 70 valence electrons. The third-order valence-corrected chi connectivity index (χ3v) is 2.61. The van der Waals surface area contributed by atoms with Crippen LogP contribution in [0.3, 0.4) is 0 Å². The van der Waals surface area contributed by atoms with Crippen LogP contribution in [0, 0.1) is 0 Å². The largest absolute Gasteiger partial charge is 0.329 e. The van der Waals surface area contributed by atoms with Crippen LogP contribution < -0.4 is 10.2 Å². The molecular formula is C11H17N2+. The van der Waals surface area contributed by atoms with Gasteiger partial charge in [-0.15, -0.1) is 0 Å². The Hall–Kier alpha value is -0.860. The molecule has 0 saturated carbocycles. The van der Waals surface area contributed by atoms with Crippen LogP contribution in [0.4, 0.5) is 0 Å². The van der Waals surface area contributed by atoms with Crippen LogP contribution in [-0.2, 0) is 6.54 Å². The first-order valence-corrected chi connectivity index (χ1v) is 5.03. The van der Waals surface area contributed by atoms with E-state index >= 15 is 0 Å². The number of benzene rings is 1. The Balaban J connectivity index is 1.90. The predicted molar refractivity (Wildman–Crippen MR) is 53.7 cm³/mol. The maximum atomic E-state index is 3.38. The van der Waals surface area contributed by atoms with E-state index in [9.17, 15) is 0 Å². The second kappa shape index (κ2) is 4.40. The summed E-state index contributed by atoms with van der Waals surface area (Å²) in [4.78, 5) is 1.70. The summed E-state index contributed by atoms with van der Waals surface area (Å²) in [6.07, 6.45) is 0. The zero-order valence-corrected chi connectivity index (χ0v) is 7.92. The number of quaternary nitrogens is 1. The fourth-order valence-corrected chi connectivity index (χ4v) is 1.84. The third kappa shape index (κ3) is 2.54. The Morgan fingerprint density at radius 2 is 1.77 bits per heavy atom. The summed E-state index contributed by atoms with van der Waals surface area (Å²) in [5, 5.41) is 3.38. The normalized spacial score (nSPS) is 18.8. The Kier molecular flexibility index (Phi) is 2.95. The first-order chi connectivity index (χ1) is 6.45. The topological polar surface area (TPSA) is 16.5 Å². The van der Waals surface area contributed by atoms with Gasteiger partial charge in [-0.3, -0.25) is 0 Å². The highest BCUT2D eigenvalue weighted by atomic mass is 15.2. The highest BCUT2D eigenvalue weighted by Gasteiger charge is 2.12. The average molecular weight is 177 g/mol. The van der Waals surface area contributed by atoms with E-state index in [-0.39, 0.29) is 0 Å². The van der Waals surface area contributed by atoms with E-state index in [0.29, 0.717) is 0 Å². The molecule has 1 heterocycles.